The molecule has 1 fully saturated rings. The van der Waals surface area contributed by atoms with Crippen LogP contribution in [-0.4, -0.2) is 10.9 Å². The third kappa shape index (κ3) is 3.72. The van der Waals surface area contributed by atoms with E-state index in [0.29, 0.717) is 6.61 Å². The van der Waals surface area contributed by atoms with E-state index in [2.05, 4.69) is 22.9 Å². The van der Waals surface area contributed by atoms with Crippen molar-refractivity contribution in [3.05, 3.63) is 34.9 Å². The molecule has 0 saturated heterocycles. The first kappa shape index (κ1) is 14.4. The van der Waals surface area contributed by atoms with Gasteiger partial charge < -0.3 is 4.74 Å². The Labute approximate surface area is 123 Å². The summed E-state index contributed by atoms with van der Waals surface area (Å²) in [6.45, 7) is 3.01. The van der Waals surface area contributed by atoms with Crippen molar-refractivity contribution in [2.45, 2.75) is 44.8 Å². The van der Waals surface area contributed by atoms with Crippen molar-refractivity contribution in [3.63, 3.8) is 0 Å². The molecule has 1 aromatic carbocycles. The van der Waals surface area contributed by atoms with Gasteiger partial charge in [0.1, 0.15) is 0 Å². The second-order valence-corrected chi connectivity index (χ2v) is 6.41. The van der Waals surface area contributed by atoms with E-state index in [9.17, 15) is 0 Å². The van der Waals surface area contributed by atoms with Crippen LogP contribution in [0.2, 0.25) is 5.02 Å². The van der Waals surface area contributed by atoms with Gasteiger partial charge in [0.25, 0.3) is 0 Å². The molecule has 0 unspecified atom stereocenters. The first-order valence-electron chi connectivity index (χ1n) is 6.58. The number of hydrogen-bond acceptors (Lipinski definition) is 1. The molecule has 0 heterocycles. The first-order valence-corrected chi connectivity index (χ1v) is 8.08. The Morgan fingerprint density at radius 2 is 1.89 bits per heavy atom. The van der Waals surface area contributed by atoms with Gasteiger partial charge in [0.15, 0.2) is 0 Å². The van der Waals surface area contributed by atoms with Gasteiger partial charge in [-0.05, 0) is 49.3 Å². The highest BCUT2D eigenvalue weighted by Crippen LogP contribution is 2.36. The molecule has 1 aliphatic rings. The number of alkyl halides is 1. The molecular formula is C15H20BrClO. The first-order chi connectivity index (χ1) is 8.63. The van der Waals surface area contributed by atoms with Crippen LogP contribution in [0.15, 0.2) is 24.3 Å². The summed E-state index contributed by atoms with van der Waals surface area (Å²) in [6, 6.07) is 7.92. The van der Waals surface area contributed by atoms with Crippen molar-refractivity contribution >= 4 is 27.5 Å². The maximum atomic E-state index is 6.20. The van der Waals surface area contributed by atoms with Crippen molar-refractivity contribution in [1.82, 2.24) is 0 Å². The Kier molecular flexibility index (Phi) is 5.11. The fourth-order valence-electron chi connectivity index (χ4n) is 2.42. The number of hydrogen-bond donors (Lipinski definition) is 0. The predicted molar refractivity (Wildman–Crippen MR) is 80.4 cm³/mol. The normalized spacial score (nSPS) is 28.3. The van der Waals surface area contributed by atoms with Crippen LogP contribution < -0.4 is 0 Å². The smallest absolute Gasteiger partial charge is 0.0783 e. The van der Waals surface area contributed by atoms with Gasteiger partial charge in [-0.3, -0.25) is 0 Å². The van der Waals surface area contributed by atoms with Crippen molar-refractivity contribution < 1.29 is 4.74 Å². The Morgan fingerprint density at radius 1 is 1.28 bits per heavy atom. The minimum atomic E-state index is 0.0339. The van der Waals surface area contributed by atoms with Crippen molar-refractivity contribution in [3.8, 4) is 0 Å². The van der Waals surface area contributed by atoms with Gasteiger partial charge in [-0.25, -0.2) is 0 Å². The lowest BCUT2D eigenvalue weighted by Crippen LogP contribution is -2.38. The summed E-state index contributed by atoms with van der Waals surface area (Å²) in [4.78, 5) is 0. The average molecular weight is 332 g/mol. The summed E-state index contributed by atoms with van der Waals surface area (Å²) in [5.74, 6) is 0.844. The zero-order valence-electron chi connectivity index (χ0n) is 10.8. The van der Waals surface area contributed by atoms with Crippen LogP contribution >= 0.6 is 27.5 Å². The van der Waals surface area contributed by atoms with Gasteiger partial charge in [-0.1, -0.05) is 46.6 Å². The molecule has 18 heavy (non-hydrogen) atoms. The van der Waals surface area contributed by atoms with Crippen LogP contribution in [0, 0.1) is 5.92 Å². The summed E-state index contributed by atoms with van der Waals surface area (Å²) >= 11 is 9.51. The van der Waals surface area contributed by atoms with Gasteiger partial charge >= 0.3 is 0 Å². The number of benzene rings is 1. The van der Waals surface area contributed by atoms with Crippen LogP contribution in [0.5, 0.6) is 0 Å². The molecule has 0 bridgehead atoms. The van der Waals surface area contributed by atoms with E-state index in [0.717, 1.165) is 29.1 Å². The van der Waals surface area contributed by atoms with Gasteiger partial charge in [0.2, 0.25) is 0 Å². The molecule has 0 spiro atoms. The summed E-state index contributed by atoms with van der Waals surface area (Å²) in [6.07, 6.45) is 4.86. The molecule has 1 aliphatic carbocycles. The topological polar surface area (TPSA) is 9.23 Å². The number of halogens is 2. The van der Waals surface area contributed by atoms with Gasteiger partial charge in [-0.2, -0.15) is 0 Å². The SMILES string of the molecule is CC1CCC(CBr)(OCc2ccc(Cl)cc2)CC1. The van der Waals surface area contributed by atoms with Crippen molar-refractivity contribution in [2.24, 2.45) is 5.92 Å². The fourth-order valence-corrected chi connectivity index (χ4v) is 3.27. The highest BCUT2D eigenvalue weighted by molar-refractivity contribution is 9.09. The zero-order valence-corrected chi connectivity index (χ0v) is 13.1. The number of rotatable bonds is 4. The summed E-state index contributed by atoms with van der Waals surface area (Å²) in [5, 5.41) is 1.71. The van der Waals surface area contributed by atoms with Crippen LogP contribution in [0.25, 0.3) is 0 Å². The highest BCUT2D eigenvalue weighted by atomic mass is 79.9. The molecule has 0 atom stereocenters. The lowest BCUT2D eigenvalue weighted by molar-refractivity contribution is -0.0688. The third-order valence-corrected chi connectivity index (χ3v) is 5.16. The minimum absolute atomic E-state index is 0.0339. The lowest BCUT2D eigenvalue weighted by Gasteiger charge is -2.38. The molecule has 0 aliphatic heterocycles. The maximum absolute atomic E-state index is 6.20. The molecule has 1 saturated carbocycles. The van der Waals surface area contributed by atoms with Crippen molar-refractivity contribution in [1.29, 1.82) is 0 Å². The Morgan fingerprint density at radius 3 is 2.44 bits per heavy atom. The Hall–Kier alpha value is -0.0500. The lowest BCUT2D eigenvalue weighted by atomic mass is 9.80. The third-order valence-electron chi connectivity index (χ3n) is 3.89. The monoisotopic (exact) mass is 330 g/mol. The Balaban J connectivity index is 1.92. The minimum Gasteiger partial charge on any atom is -0.369 e. The van der Waals surface area contributed by atoms with Gasteiger partial charge in [0, 0.05) is 10.4 Å². The molecular weight excluding hydrogens is 312 g/mol. The van der Waals surface area contributed by atoms with Crippen molar-refractivity contribution in [2.75, 3.05) is 5.33 Å². The van der Waals surface area contributed by atoms with E-state index in [1.807, 2.05) is 24.3 Å². The van der Waals surface area contributed by atoms with Crippen LogP contribution in [-0.2, 0) is 11.3 Å². The number of ether oxygens (including phenoxy) is 1. The van der Waals surface area contributed by atoms with Crippen LogP contribution in [0.1, 0.15) is 38.2 Å². The average Bonchev–Trinajstić information content (AvgIpc) is 2.41. The van der Waals surface area contributed by atoms with E-state index in [1.165, 1.54) is 18.4 Å². The maximum Gasteiger partial charge on any atom is 0.0783 e. The molecule has 1 nitrogen and oxygen atoms in total. The fraction of sp³-hybridized carbons (Fsp3) is 0.600. The van der Waals surface area contributed by atoms with Gasteiger partial charge in [0.05, 0.1) is 12.2 Å². The summed E-state index contributed by atoms with van der Waals surface area (Å²) in [5.41, 5.74) is 1.23. The molecule has 0 N–H and O–H groups in total. The van der Waals surface area contributed by atoms with Gasteiger partial charge in [-0.15, -0.1) is 0 Å². The second-order valence-electron chi connectivity index (χ2n) is 5.41. The predicted octanol–water partition coefficient (Wildman–Crippen LogP) is 5.20. The second kappa shape index (κ2) is 6.40. The van der Waals surface area contributed by atoms with E-state index in [4.69, 9.17) is 16.3 Å². The van der Waals surface area contributed by atoms with E-state index >= 15 is 0 Å². The summed E-state index contributed by atoms with van der Waals surface area (Å²) in [7, 11) is 0. The van der Waals surface area contributed by atoms with E-state index in [1.54, 1.807) is 0 Å². The standard InChI is InChI=1S/C15H20BrClO/c1-12-6-8-15(11-16,9-7-12)18-10-13-2-4-14(17)5-3-13/h2-5,12H,6-11H2,1H3. The zero-order chi connectivity index (χ0) is 13.0. The molecule has 100 valence electrons. The molecule has 2 rings (SSSR count). The molecule has 0 radical (unpaired) electrons. The highest BCUT2D eigenvalue weighted by Gasteiger charge is 2.34. The molecule has 0 aromatic heterocycles. The quantitative estimate of drug-likeness (QED) is 0.689. The Bertz CT molecular complexity index is 369. The van der Waals surface area contributed by atoms with Crippen LogP contribution in [0.3, 0.4) is 0 Å². The molecule has 1 aromatic rings. The van der Waals surface area contributed by atoms with E-state index in [-0.39, 0.29) is 5.60 Å². The van der Waals surface area contributed by atoms with E-state index < -0.39 is 0 Å². The molecule has 3 heteroatoms. The summed E-state index contributed by atoms with van der Waals surface area (Å²) < 4.78 is 6.20. The van der Waals surface area contributed by atoms with Crippen LogP contribution in [0.4, 0.5) is 0 Å². The molecule has 0 amide bonds. The largest absolute Gasteiger partial charge is 0.369 e.